The largest absolute Gasteiger partial charge is 0.385 e. The molecule has 0 radical (unpaired) electrons. The van der Waals surface area contributed by atoms with Crippen molar-refractivity contribution in [3.63, 3.8) is 0 Å². The summed E-state index contributed by atoms with van der Waals surface area (Å²) >= 11 is 0. The lowest BCUT2D eigenvalue weighted by Crippen LogP contribution is -2.54. The molecule has 2 aliphatic rings. The van der Waals surface area contributed by atoms with Gasteiger partial charge in [0.2, 0.25) is 15.9 Å². The number of hydrogen-bond donors (Lipinski definition) is 1. The van der Waals surface area contributed by atoms with Crippen molar-refractivity contribution in [2.24, 2.45) is 5.92 Å². The molecular formula is C17H29N5O5S. The fourth-order valence-corrected chi connectivity index (χ4v) is 4.47. The number of ether oxygens (including phenoxy) is 1. The number of aromatic nitrogens is 2. The van der Waals surface area contributed by atoms with Gasteiger partial charge in [-0.05, 0) is 19.3 Å². The smallest absolute Gasteiger partial charge is 0.317 e. The normalized spacial score (nSPS) is 19.6. The Hall–Kier alpha value is -1.72. The number of likely N-dealkylation sites (tertiary alicyclic amines) is 1. The zero-order chi connectivity index (χ0) is 20.1. The van der Waals surface area contributed by atoms with E-state index in [0.29, 0.717) is 76.2 Å². The topological polar surface area (TPSA) is 118 Å². The second-order valence-electron chi connectivity index (χ2n) is 7.54. The molecule has 1 N–H and O–H groups in total. The predicted octanol–water partition coefficient (Wildman–Crippen LogP) is 0.429. The van der Waals surface area contributed by atoms with Crippen molar-refractivity contribution < 1.29 is 22.5 Å². The summed E-state index contributed by atoms with van der Waals surface area (Å²) in [6, 6.07) is -0.0452. The van der Waals surface area contributed by atoms with Crippen LogP contribution in [0.25, 0.3) is 0 Å². The van der Waals surface area contributed by atoms with E-state index in [-0.39, 0.29) is 11.9 Å². The minimum absolute atomic E-state index is 0.0452. The van der Waals surface area contributed by atoms with Gasteiger partial charge in [0.05, 0.1) is 6.26 Å². The van der Waals surface area contributed by atoms with Gasteiger partial charge in [0.15, 0.2) is 5.82 Å². The fourth-order valence-electron chi connectivity index (χ4n) is 3.60. The van der Waals surface area contributed by atoms with Crippen LogP contribution in [0.2, 0.25) is 0 Å². The average Bonchev–Trinajstić information content (AvgIpc) is 3.09. The minimum Gasteiger partial charge on any atom is -0.385 e. The highest BCUT2D eigenvalue weighted by Crippen LogP contribution is 2.28. The Morgan fingerprint density at radius 1 is 1.32 bits per heavy atom. The highest BCUT2D eigenvalue weighted by atomic mass is 32.2. The quantitative estimate of drug-likeness (QED) is 0.612. The van der Waals surface area contributed by atoms with Gasteiger partial charge in [-0.15, -0.1) is 0 Å². The maximum Gasteiger partial charge on any atom is 0.317 e. The van der Waals surface area contributed by atoms with E-state index in [9.17, 15) is 13.2 Å². The average molecular weight is 416 g/mol. The molecule has 158 valence electrons. The van der Waals surface area contributed by atoms with Crippen molar-refractivity contribution in [3.05, 3.63) is 11.7 Å². The standard InChI is InChI=1S/C17H29N5O5S/c1-26-9-3-6-18-17(23)21-11-13(12-21)10-15-19-16(20-27-15)14-4-7-22(8-5-14)28(2,24)25/h13-14H,3-12H2,1-2H3,(H,18,23). The van der Waals surface area contributed by atoms with E-state index >= 15 is 0 Å². The summed E-state index contributed by atoms with van der Waals surface area (Å²) in [5.41, 5.74) is 0. The highest BCUT2D eigenvalue weighted by Gasteiger charge is 2.33. The molecule has 1 aromatic heterocycles. The molecule has 2 saturated heterocycles. The second-order valence-corrected chi connectivity index (χ2v) is 9.52. The number of nitrogens with zero attached hydrogens (tertiary/aromatic N) is 4. The van der Waals surface area contributed by atoms with Gasteiger partial charge in [-0.1, -0.05) is 5.16 Å². The zero-order valence-electron chi connectivity index (χ0n) is 16.5. The van der Waals surface area contributed by atoms with Crippen molar-refractivity contribution in [3.8, 4) is 0 Å². The van der Waals surface area contributed by atoms with Gasteiger partial charge in [0, 0.05) is 64.7 Å². The molecule has 2 amide bonds. The molecule has 10 nitrogen and oxygen atoms in total. The van der Waals surface area contributed by atoms with Crippen LogP contribution < -0.4 is 5.32 Å². The molecular weight excluding hydrogens is 386 g/mol. The van der Waals surface area contributed by atoms with Crippen LogP contribution in [0.5, 0.6) is 0 Å². The lowest BCUT2D eigenvalue weighted by atomic mass is 9.96. The lowest BCUT2D eigenvalue weighted by Gasteiger charge is -2.38. The molecule has 0 atom stereocenters. The van der Waals surface area contributed by atoms with Crippen LogP contribution in [-0.2, 0) is 21.2 Å². The molecule has 0 aromatic carbocycles. The van der Waals surface area contributed by atoms with E-state index < -0.39 is 10.0 Å². The Labute approximate surface area is 165 Å². The van der Waals surface area contributed by atoms with E-state index in [1.54, 1.807) is 12.0 Å². The molecule has 0 unspecified atom stereocenters. The molecule has 28 heavy (non-hydrogen) atoms. The molecule has 3 rings (SSSR count). The summed E-state index contributed by atoms with van der Waals surface area (Å²) < 4.78 is 35.0. The van der Waals surface area contributed by atoms with Crippen LogP contribution in [0, 0.1) is 5.92 Å². The third kappa shape index (κ3) is 5.42. The SMILES string of the molecule is COCCCNC(=O)N1CC(Cc2nc(C3CCN(S(C)(=O)=O)CC3)no2)C1. The first-order chi connectivity index (χ1) is 13.4. The Balaban J connectivity index is 1.39. The molecule has 0 spiro atoms. The number of sulfonamides is 1. The summed E-state index contributed by atoms with van der Waals surface area (Å²) in [5.74, 6) is 1.71. The summed E-state index contributed by atoms with van der Waals surface area (Å²) in [7, 11) is -1.49. The van der Waals surface area contributed by atoms with Crippen LogP contribution in [0.3, 0.4) is 0 Å². The van der Waals surface area contributed by atoms with Crippen LogP contribution in [-0.4, -0.2) is 86.5 Å². The molecule has 2 fully saturated rings. The van der Waals surface area contributed by atoms with E-state index in [4.69, 9.17) is 9.26 Å². The van der Waals surface area contributed by atoms with Gasteiger partial charge in [-0.2, -0.15) is 4.98 Å². The van der Waals surface area contributed by atoms with E-state index in [1.165, 1.54) is 10.6 Å². The van der Waals surface area contributed by atoms with Crippen LogP contribution in [0.4, 0.5) is 4.79 Å². The van der Waals surface area contributed by atoms with Gasteiger partial charge in [0.25, 0.3) is 0 Å². The predicted molar refractivity (Wildman–Crippen MR) is 101 cm³/mol. The number of rotatable bonds is 8. The molecule has 2 aliphatic heterocycles. The first-order valence-electron chi connectivity index (χ1n) is 9.66. The van der Waals surface area contributed by atoms with E-state index in [0.717, 1.165) is 6.42 Å². The highest BCUT2D eigenvalue weighted by molar-refractivity contribution is 7.88. The molecule has 11 heteroatoms. The Bertz CT molecular complexity index is 754. The first kappa shape index (κ1) is 21.0. The number of hydrogen-bond acceptors (Lipinski definition) is 7. The Kier molecular flexibility index (Phi) is 6.89. The van der Waals surface area contributed by atoms with Gasteiger partial charge in [-0.25, -0.2) is 17.5 Å². The van der Waals surface area contributed by atoms with Crippen molar-refractivity contribution in [1.29, 1.82) is 0 Å². The number of carbonyl (C=O) groups is 1. The van der Waals surface area contributed by atoms with Crippen molar-refractivity contribution in [1.82, 2.24) is 24.7 Å². The summed E-state index contributed by atoms with van der Waals surface area (Å²) in [6.07, 6.45) is 4.09. The third-order valence-corrected chi connectivity index (χ3v) is 6.58. The number of amides is 2. The van der Waals surface area contributed by atoms with Crippen molar-refractivity contribution >= 4 is 16.1 Å². The second kappa shape index (κ2) is 9.19. The zero-order valence-corrected chi connectivity index (χ0v) is 17.3. The maximum absolute atomic E-state index is 12.0. The van der Waals surface area contributed by atoms with Crippen LogP contribution >= 0.6 is 0 Å². The molecule has 0 aliphatic carbocycles. The van der Waals surface area contributed by atoms with Crippen molar-refractivity contribution in [2.75, 3.05) is 52.7 Å². The summed E-state index contributed by atoms with van der Waals surface area (Å²) in [6.45, 7) is 3.59. The van der Waals surface area contributed by atoms with Gasteiger partial charge in [-0.3, -0.25) is 0 Å². The van der Waals surface area contributed by atoms with Crippen molar-refractivity contribution in [2.45, 2.75) is 31.6 Å². The summed E-state index contributed by atoms with van der Waals surface area (Å²) in [4.78, 5) is 18.2. The van der Waals surface area contributed by atoms with Crippen LogP contribution in [0.15, 0.2) is 4.52 Å². The minimum atomic E-state index is -3.13. The monoisotopic (exact) mass is 415 g/mol. The summed E-state index contributed by atoms with van der Waals surface area (Å²) in [5, 5.41) is 6.97. The molecule has 0 saturated carbocycles. The van der Waals surface area contributed by atoms with E-state index in [2.05, 4.69) is 15.5 Å². The lowest BCUT2D eigenvalue weighted by molar-refractivity contribution is 0.114. The maximum atomic E-state index is 12.0. The number of carbonyl (C=O) groups excluding carboxylic acids is 1. The number of methoxy groups -OCH3 is 1. The molecule has 0 bridgehead atoms. The van der Waals surface area contributed by atoms with Gasteiger partial charge < -0.3 is 19.5 Å². The Morgan fingerprint density at radius 2 is 2.04 bits per heavy atom. The number of urea groups is 1. The fraction of sp³-hybridized carbons (Fsp3) is 0.824. The first-order valence-corrected chi connectivity index (χ1v) is 11.5. The third-order valence-electron chi connectivity index (χ3n) is 5.28. The molecule has 1 aromatic rings. The van der Waals surface area contributed by atoms with Gasteiger partial charge >= 0.3 is 6.03 Å². The van der Waals surface area contributed by atoms with Crippen LogP contribution in [0.1, 0.15) is 36.9 Å². The number of piperidine rings is 1. The van der Waals surface area contributed by atoms with E-state index in [1.807, 2.05) is 0 Å². The van der Waals surface area contributed by atoms with Gasteiger partial charge in [0.1, 0.15) is 0 Å². The Morgan fingerprint density at radius 3 is 2.68 bits per heavy atom. The molecule has 3 heterocycles. The number of nitrogens with one attached hydrogen (secondary N) is 1.